The maximum atomic E-state index is 13.6. The molecular weight excluding hydrogens is 412 g/mol. The summed E-state index contributed by atoms with van der Waals surface area (Å²) in [7, 11) is -3.24. The molecule has 0 radical (unpaired) electrons. The Morgan fingerprint density at radius 1 is 1.13 bits per heavy atom. The van der Waals surface area contributed by atoms with Gasteiger partial charge >= 0.3 is 0 Å². The highest BCUT2D eigenvalue weighted by Crippen LogP contribution is 2.58. The SMILES string of the molecule is CCN1CC[C@@]2(CN(Cc3cccnc3)CC23CCN(S(=O)(=O)CC(C)C)CC3)C1=O. The van der Waals surface area contributed by atoms with E-state index in [0.29, 0.717) is 13.1 Å². The number of sulfonamides is 1. The van der Waals surface area contributed by atoms with E-state index in [9.17, 15) is 13.2 Å². The van der Waals surface area contributed by atoms with Crippen molar-refractivity contribution in [2.75, 3.05) is 45.0 Å². The van der Waals surface area contributed by atoms with Gasteiger partial charge in [0.1, 0.15) is 0 Å². The summed E-state index contributed by atoms with van der Waals surface area (Å²) in [5, 5.41) is 0. The molecule has 4 rings (SSSR count). The molecule has 0 N–H and O–H groups in total. The van der Waals surface area contributed by atoms with Crippen molar-refractivity contribution >= 4 is 15.9 Å². The fraction of sp³-hybridized carbons (Fsp3) is 0.739. The largest absolute Gasteiger partial charge is 0.342 e. The summed E-state index contributed by atoms with van der Waals surface area (Å²) in [6.07, 6.45) is 6.08. The third kappa shape index (κ3) is 4.02. The number of fused-ring (bicyclic) bond motifs is 1. The molecule has 3 fully saturated rings. The number of hydrogen-bond acceptors (Lipinski definition) is 5. The van der Waals surface area contributed by atoms with E-state index in [1.54, 1.807) is 10.5 Å². The summed E-state index contributed by atoms with van der Waals surface area (Å²) < 4.78 is 27.3. The minimum absolute atomic E-state index is 0.114. The Morgan fingerprint density at radius 3 is 2.45 bits per heavy atom. The third-order valence-corrected chi connectivity index (χ3v) is 9.91. The van der Waals surface area contributed by atoms with Crippen LogP contribution in [0.5, 0.6) is 0 Å². The standard InChI is InChI=1S/C23H36N4O3S/c1-4-26-11-9-23(21(26)28)18-25(15-20-6-5-10-24-14-20)17-22(23)7-12-27(13-8-22)31(29,30)16-19(2)3/h5-6,10,14,19H,4,7-9,11-13,15-18H2,1-3H3/t23-/m1/s1. The number of hydrogen-bond donors (Lipinski definition) is 0. The fourth-order valence-corrected chi connectivity index (χ4v) is 7.97. The van der Waals surface area contributed by atoms with Crippen LogP contribution in [0.4, 0.5) is 0 Å². The zero-order valence-electron chi connectivity index (χ0n) is 19.1. The van der Waals surface area contributed by atoms with Crippen molar-refractivity contribution in [2.24, 2.45) is 16.7 Å². The predicted molar refractivity (Wildman–Crippen MR) is 121 cm³/mol. The molecule has 1 amide bonds. The monoisotopic (exact) mass is 448 g/mol. The number of carbonyl (C=O) groups excluding carboxylic acids is 1. The number of likely N-dealkylation sites (tertiary alicyclic amines) is 2. The molecule has 0 bridgehead atoms. The first-order chi connectivity index (χ1) is 14.7. The quantitative estimate of drug-likeness (QED) is 0.667. The Labute approximate surface area is 186 Å². The predicted octanol–water partition coefficient (Wildman–Crippen LogP) is 2.20. The lowest BCUT2D eigenvalue weighted by Gasteiger charge is -2.46. The van der Waals surface area contributed by atoms with E-state index in [4.69, 9.17) is 0 Å². The number of pyridine rings is 1. The smallest absolute Gasteiger partial charge is 0.230 e. The fourth-order valence-electron chi connectivity index (χ4n) is 6.18. The number of rotatable bonds is 6. The Kier molecular flexibility index (Phi) is 6.18. The highest BCUT2D eigenvalue weighted by molar-refractivity contribution is 7.89. The van der Waals surface area contributed by atoms with Crippen LogP contribution in [0, 0.1) is 16.7 Å². The lowest BCUT2D eigenvalue weighted by atomic mass is 9.60. The summed E-state index contributed by atoms with van der Waals surface area (Å²) in [5.74, 6) is 0.589. The van der Waals surface area contributed by atoms with Crippen LogP contribution in [0.2, 0.25) is 0 Å². The van der Waals surface area contributed by atoms with E-state index in [1.807, 2.05) is 37.9 Å². The normalized spacial score (nSPS) is 27.2. The van der Waals surface area contributed by atoms with E-state index in [-0.39, 0.29) is 28.4 Å². The lowest BCUT2D eigenvalue weighted by Crippen LogP contribution is -2.54. The molecule has 3 aliphatic rings. The molecule has 1 aromatic rings. The molecule has 3 aliphatic heterocycles. The summed E-state index contributed by atoms with van der Waals surface area (Å²) in [6, 6.07) is 4.04. The van der Waals surface area contributed by atoms with Crippen LogP contribution in [-0.2, 0) is 21.4 Å². The molecule has 0 saturated carbocycles. The molecule has 0 aromatic carbocycles. The second kappa shape index (κ2) is 8.45. The molecule has 7 nitrogen and oxygen atoms in total. The molecule has 3 saturated heterocycles. The van der Waals surface area contributed by atoms with Gasteiger partial charge in [-0.05, 0) is 43.7 Å². The van der Waals surface area contributed by atoms with Crippen LogP contribution in [-0.4, -0.2) is 78.4 Å². The summed E-state index contributed by atoms with van der Waals surface area (Å²) >= 11 is 0. The van der Waals surface area contributed by atoms with Crippen molar-refractivity contribution in [3.8, 4) is 0 Å². The molecule has 0 unspecified atom stereocenters. The lowest BCUT2D eigenvalue weighted by molar-refractivity contribution is -0.141. The molecule has 4 heterocycles. The summed E-state index contributed by atoms with van der Waals surface area (Å²) in [6.45, 7) is 10.9. The van der Waals surface area contributed by atoms with Gasteiger partial charge in [0.25, 0.3) is 0 Å². The van der Waals surface area contributed by atoms with Gasteiger partial charge in [-0.25, -0.2) is 12.7 Å². The minimum atomic E-state index is -3.24. The second-order valence-electron chi connectivity index (χ2n) is 10.1. The summed E-state index contributed by atoms with van der Waals surface area (Å²) in [4.78, 5) is 22.3. The Morgan fingerprint density at radius 2 is 1.87 bits per heavy atom. The first kappa shape index (κ1) is 22.7. The van der Waals surface area contributed by atoms with Gasteiger partial charge in [0, 0.05) is 63.6 Å². The molecule has 0 aliphatic carbocycles. The topological polar surface area (TPSA) is 73.8 Å². The van der Waals surface area contributed by atoms with E-state index in [2.05, 4.69) is 16.0 Å². The van der Waals surface area contributed by atoms with E-state index in [0.717, 1.165) is 57.5 Å². The molecule has 2 spiro atoms. The van der Waals surface area contributed by atoms with Crippen molar-refractivity contribution < 1.29 is 13.2 Å². The number of piperidine rings is 1. The number of nitrogens with zero attached hydrogens (tertiary/aromatic N) is 4. The second-order valence-corrected chi connectivity index (χ2v) is 12.1. The van der Waals surface area contributed by atoms with Gasteiger partial charge in [-0.1, -0.05) is 19.9 Å². The first-order valence-corrected chi connectivity index (χ1v) is 13.2. The van der Waals surface area contributed by atoms with Crippen LogP contribution in [0.1, 0.15) is 45.6 Å². The average molecular weight is 449 g/mol. The van der Waals surface area contributed by atoms with Crippen molar-refractivity contribution in [2.45, 2.75) is 46.6 Å². The van der Waals surface area contributed by atoms with Crippen LogP contribution < -0.4 is 0 Å². The van der Waals surface area contributed by atoms with Gasteiger partial charge in [0.2, 0.25) is 15.9 Å². The molecule has 1 atom stereocenters. The summed E-state index contributed by atoms with van der Waals surface area (Å²) in [5.41, 5.74) is 0.614. The van der Waals surface area contributed by atoms with Gasteiger partial charge in [0.05, 0.1) is 11.2 Å². The highest BCUT2D eigenvalue weighted by Gasteiger charge is 2.65. The molecule has 172 valence electrons. The van der Waals surface area contributed by atoms with Gasteiger partial charge in [-0.3, -0.25) is 14.7 Å². The van der Waals surface area contributed by atoms with Gasteiger partial charge in [-0.15, -0.1) is 0 Å². The van der Waals surface area contributed by atoms with Crippen LogP contribution in [0.3, 0.4) is 0 Å². The third-order valence-electron chi connectivity index (χ3n) is 7.67. The zero-order chi connectivity index (χ0) is 22.3. The molecule has 8 heteroatoms. The van der Waals surface area contributed by atoms with Crippen molar-refractivity contribution in [3.05, 3.63) is 30.1 Å². The maximum absolute atomic E-state index is 13.6. The van der Waals surface area contributed by atoms with Gasteiger partial charge in [-0.2, -0.15) is 0 Å². The van der Waals surface area contributed by atoms with E-state index >= 15 is 0 Å². The maximum Gasteiger partial charge on any atom is 0.230 e. The van der Waals surface area contributed by atoms with Crippen molar-refractivity contribution in [1.82, 2.24) is 19.1 Å². The minimum Gasteiger partial charge on any atom is -0.342 e. The molecule has 1 aromatic heterocycles. The van der Waals surface area contributed by atoms with Gasteiger partial charge in [0.15, 0.2) is 0 Å². The van der Waals surface area contributed by atoms with E-state index in [1.165, 1.54) is 0 Å². The van der Waals surface area contributed by atoms with Crippen LogP contribution in [0.25, 0.3) is 0 Å². The number of aromatic nitrogens is 1. The van der Waals surface area contributed by atoms with Crippen molar-refractivity contribution in [3.63, 3.8) is 0 Å². The van der Waals surface area contributed by atoms with Crippen LogP contribution in [0.15, 0.2) is 24.5 Å². The highest BCUT2D eigenvalue weighted by atomic mass is 32.2. The molecular formula is C23H36N4O3S. The van der Waals surface area contributed by atoms with Gasteiger partial charge < -0.3 is 4.90 Å². The number of amides is 1. The number of carbonyl (C=O) groups is 1. The Balaban J connectivity index is 1.58. The average Bonchev–Trinajstić information content (AvgIpc) is 3.20. The zero-order valence-corrected chi connectivity index (χ0v) is 19.9. The first-order valence-electron chi connectivity index (χ1n) is 11.6. The van der Waals surface area contributed by atoms with Crippen LogP contribution >= 0.6 is 0 Å². The van der Waals surface area contributed by atoms with E-state index < -0.39 is 10.0 Å². The molecule has 31 heavy (non-hydrogen) atoms. The Bertz CT molecular complexity index is 897. The Hall–Kier alpha value is -1.51. The van der Waals surface area contributed by atoms with Crippen molar-refractivity contribution in [1.29, 1.82) is 0 Å².